The summed E-state index contributed by atoms with van der Waals surface area (Å²) in [6.45, 7) is 18.6. The van der Waals surface area contributed by atoms with Crippen LogP contribution in [0.4, 0.5) is 5.69 Å². The topological polar surface area (TPSA) is 59.0 Å². The van der Waals surface area contributed by atoms with Gasteiger partial charge in [0.05, 0.1) is 17.8 Å². The van der Waals surface area contributed by atoms with Gasteiger partial charge >= 0.3 is 5.97 Å². The van der Waals surface area contributed by atoms with Gasteiger partial charge in [-0.05, 0) is 68.7 Å². The van der Waals surface area contributed by atoms with Gasteiger partial charge in [-0.2, -0.15) is 0 Å². The highest BCUT2D eigenvalue weighted by atomic mass is 16.6. The third-order valence-electron chi connectivity index (χ3n) is 6.07. The molecular formula is C30H40N2O3. The van der Waals surface area contributed by atoms with E-state index in [1.54, 1.807) is 17.0 Å². The predicted molar refractivity (Wildman–Crippen MR) is 143 cm³/mol. The molecule has 0 N–H and O–H groups in total. The first-order valence-corrected chi connectivity index (χ1v) is 12.5. The fraction of sp³-hybridized carbons (Fsp3) is 0.500. The van der Waals surface area contributed by atoms with E-state index in [9.17, 15) is 9.59 Å². The van der Waals surface area contributed by atoms with Crippen LogP contribution in [0.2, 0.25) is 0 Å². The van der Waals surface area contributed by atoms with E-state index in [1.165, 1.54) is 5.56 Å². The number of anilines is 1. The van der Waals surface area contributed by atoms with Crippen LogP contribution in [-0.4, -0.2) is 29.2 Å². The minimum atomic E-state index is -0.603. The Morgan fingerprint density at radius 2 is 1.66 bits per heavy atom. The molecule has 1 atom stereocenters. The molecule has 1 aliphatic rings. The highest BCUT2D eigenvalue weighted by Crippen LogP contribution is 2.32. The first kappa shape index (κ1) is 26.7. The predicted octanol–water partition coefficient (Wildman–Crippen LogP) is 6.71. The number of hydrogen-bond acceptors (Lipinski definition) is 4. The second-order valence-electron chi connectivity index (χ2n) is 12.0. The van der Waals surface area contributed by atoms with Crippen molar-refractivity contribution in [2.24, 2.45) is 10.9 Å². The van der Waals surface area contributed by atoms with Gasteiger partial charge in [0.2, 0.25) is 0 Å². The van der Waals surface area contributed by atoms with Gasteiger partial charge in [-0.15, -0.1) is 0 Å². The van der Waals surface area contributed by atoms with Gasteiger partial charge in [0.15, 0.2) is 0 Å². The highest BCUT2D eigenvalue weighted by molar-refractivity contribution is 6.12. The molecule has 0 radical (unpaired) electrons. The summed E-state index contributed by atoms with van der Waals surface area (Å²) in [7, 11) is 0. The van der Waals surface area contributed by atoms with Crippen LogP contribution in [0.3, 0.4) is 0 Å². The smallest absolute Gasteiger partial charge is 0.338 e. The number of rotatable bonds is 5. The quantitative estimate of drug-likeness (QED) is 0.451. The normalized spacial score (nSPS) is 16.6. The second kappa shape index (κ2) is 9.96. The zero-order valence-electron chi connectivity index (χ0n) is 22.7. The number of aliphatic imine (C=N–C) groups is 1. The summed E-state index contributed by atoms with van der Waals surface area (Å²) < 4.78 is 5.60. The van der Waals surface area contributed by atoms with Crippen molar-refractivity contribution in [3.05, 3.63) is 64.7 Å². The largest absolute Gasteiger partial charge is 0.456 e. The number of carbonyl (C=O) groups excluding carboxylic acids is 2. The maximum Gasteiger partial charge on any atom is 0.338 e. The fourth-order valence-electron chi connectivity index (χ4n) is 4.24. The summed E-state index contributed by atoms with van der Waals surface area (Å²) in [5.41, 5.74) is 4.52. The van der Waals surface area contributed by atoms with Crippen LogP contribution >= 0.6 is 0 Å². The molecule has 0 saturated heterocycles. The lowest BCUT2D eigenvalue weighted by atomic mass is 9.86. The summed E-state index contributed by atoms with van der Waals surface area (Å²) in [6.07, 6.45) is 0.669. The maximum atomic E-state index is 13.8. The van der Waals surface area contributed by atoms with Gasteiger partial charge in [-0.3, -0.25) is 9.79 Å². The Balaban J connectivity index is 2.07. The molecule has 5 heteroatoms. The molecule has 5 nitrogen and oxygen atoms in total. The van der Waals surface area contributed by atoms with Gasteiger partial charge in [0.25, 0.3) is 5.91 Å². The van der Waals surface area contributed by atoms with Crippen molar-refractivity contribution < 1.29 is 14.3 Å². The molecule has 0 unspecified atom stereocenters. The van der Waals surface area contributed by atoms with Gasteiger partial charge in [-0.1, -0.05) is 65.0 Å². The molecule has 0 fully saturated rings. The molecule has 2 aromatic carbocycles. The minimum Gasteiger partial charge on any atom is -0.456 e. The summed E-state index contributed by atoms with van der Waals surface area (Å²) in [5.74, 6) is -0.121. The number of amides is 1. The van der Waals surface area contributed by atoms with Crippen molar-refractivity contribution in [3.63, 3.8) is 0 Å². The van der Waals surface area contributed by atoms with Crippen LogP contribution in [0, 0.1) is 5.92 Å². The highest BCUT2D eigenvalue weighted by Gasteiger charge is 2.32. The first-order chi connectivity index (χ1) is 16.2. The zero-order chi connectivity index (χ0) is 26.1. The van der Waals surface area contributed by atoms with Crippen LogP contribution in [-0.2, 0) is 21.5 Å². The number of fused-ring (bicyclic) bond motifs is 1. The molecule has 1 amide bonds. The van der Waals surface area contributed by atoms with Gasteiger partial charge in [-0.25, -0.2) is 4.79 Å². The van der Waals surface area contributed by atoms with Crippen molar-refractivity contribution in [2.45, 2.75) is 92.3 Å². The second-order valence-corrected chi connectivity index (χ2v) is 12.0. The Labute approximate surface area is 210 Å². The third-order valence-corrected chi connectivity index (χ3v) is 6.07. The fourth-order valence-corrected chi connectivity index (χ4v) is 4.24. The molecule has 1 aliphatic heterocycles. The van der Waals surface area contributed by atoms with Gasteiger partial charge in [0.1, 0.15) is 11.6 Å². The van der Waals surface area contributed by atoms with E-state index in [-0.39, 0.29) is 11.3 Å². The molecule has 188 valence electrons. The van der Waals surface area contributed by atoms with E-state index in [0.717, 1.165) is 16.8 Å². The maximum absolute atomic E-state index is 13.8. The molecule has 35 heavy (non-hydrogen) atoms. The van der Waals surface area contributed by atoms with Crippen LogP contribution in [0.15, 0.2) is 47.5 Å². The Morgan fingerprint density at radius 1 is 1.03 bits per heavy atom. The molecule has 0 aliphatic carbocycles. The van der Waals surface area contributed by atoms with Crippen molar-refractivity contribution in [3.8, 4) is 0 Å². The van der Waals surface area contributed by atoms with Gasteiger partial charge < -0.3 is 9.64 Å². The monoisotopic (exact) mass is 476 g/mol. The van der Waals surface area contributed by atoms with E-state index in [0.29, 0.717) is 30.1 Å². The minimum absolute atomic E-state index is 0.0435. The Morgan fingerprint density at radius 3 is 2.20 bits per heavy atom. The van der Waals surface area contributed by atoms with Crippen molar-refractivity contribution in [2.75, 3.05) is 4.90 Å². The average Bonchev–Trinajstić information content (AvgIpc) is 2.82. The lowest BCUT2D eigenvalue weighted by Crippen LogP contribution is -2.38. The average molecular weight is 477 g/mol. The van der Waals surface area contributed by atoms with Crippen molar-refractivity contribution >= 4 is 23.3 Å². The number of benzene rings is 2. The third kappa shape index (κ3) is 6.59. The van der Waals surface area contributed by atoms with E-state index in [4.69, 9.17) is 9.73 Å². The number of esters is 1. The van der Waals surface area contributed by atoms with Crippen molar-refractivity contribution in [1.29, 1.82) is 0 Å². The molecule has 3 rings (SSSR count). The molecule has 2 aromatic rings. The van der Waals surface area contributed by atoms with E-state index in [2.05, 4.69) is 58.9 Å². The standard InChI is InChI=1S/C30H40N2O3/c1-19(2)16-25-27(33)32(18-21-10-13-23(14-11-21)29(4,5)6)26-17-22(28(34)35-30(7,8)9)12-15-24(26)20(3)31-25/h10-15,17,19,25H,16,18H2,1-9H3/t25-/m1/s1. The van der Waals surface area contributed by atoms with E-state index in [1.807, 2.05) is 33.8 Å². The summed E-state index contributed by atoms with van der Waals surface area (Å²) in [6, 6.07) is 13.4. The Kier molecular flexibility index (Phi) is 7.59. The number of nitrogens with zero attached hydrogens (tertiary/aromatic N) is 2. The van der Waals surface area contributed by atoms with Crippen LogP contribution in [0.5, 0.6) is 0 Å². The SMILES string of the molecule is CC1=N[C@H](CC(C)C)C(=O)N(Cc2ccc(C(C)(C)C)cc2)c2cc(C(=O)OC(C)(C)C)ccc21. The molecular weight excluding hydrogens is 436 g/mol. The van der Waals surface area contributed by atoms with Crippen molar-refractivity contribution in [1.82, 2.24) is 0 Å². The number of hydrogen-bond donors (Lipinski definition) is 0. The number of ether oxygens (including phenoxy) is 1. The van der Waals surface area contributed by atoms with Crippen LogP contribution < -0.4 is 4.90 Å². The van der Waals surface area contributed by atoms with Gasteiger partial charge in [0, 0.05) is 11.3 Å². The molecule has 1 heterocycles. The number of carbonyl (C=O) groups is 2. The van der Waals surface area contributed by atoms with Crippen LogP contribution in [0.25, 0.3) is 0 Å². The lowest BCUT2D eigenvalue weighted by Gasteiger charge is -2.27. The molecule has 0 bridgehead atoms. The van der Waals surface area contributed by atoms with Crippen LogP contribution in [0.1, 0.15) is 95.8 Å². The summed E-state index contributed by atoms with van der Waals surface area (Å²) in [4.78, 5) is 33.3. The van der Waals surface area contributed by atoms with E-state index < -0.39 is 17.6 Å². The Bertz CT molecular complexity index is 1120. The molecule has 0 spiro atoms. The Hall–Kier alpha value is -2.95. The molecule has 0 saturated carbocycles. The van der Waals surface area contributed by atoms with E-state index >= 15 is 0 Å². The summed E-state index contributed by atoms with van der Waals surface area (Å²) >= 11 is 0. The summed E-state index contributed by atoms with van der Waals surface area (Å²) in [5, 5.41) is 0. The first-order valence-electron chi connectivity index (χ1n) is 12.5. The molecule has 0 aromatic heterocycles. The zero-order valence-corrected chi connectivity index (χ0v) is 22.7. The number of benzodiazepines with no additional fused rings is 1. The lowest BCUT2D eigenvalue weighted by molar-refractivity contribution is -0.120.